The van der Waals surface area contributed by atoms with Crippen LogP contribution in [0.3, 0.4) is 0 Å². The number of nitrogens with one attached hydrogen (secondary N) is 1. The van der Waals surface area contributed by atoms with E-state index in [1.54, 1.807) is 0 Å². The number of rotatable bonds is 4. The van der Waals surface area contributed by atoms with Crippen LogP contribution >= 0.6 is 0 Å². The van der Waals surface area contributed by atoms with E-state index in [4.69, 9.17) is 5.11 Å². The summed E-state index contributed by atoms with van der Waals surface area (Å²) in [6, 6.07) is 0. The fourth-order valence-electron chi connectivity index (χ4n) is 0.861. The van der Waals surface area contributed by atoms with Gasteiger partial charge in [-0.15, -0.1) is 0 Å². The van der Waals surface area contributed by atoms with Crippen LogP contribution in [0.15, 0.2) is 0 Å². The van der Waals surface area contributed by atoms with Crippen molar-refractivity contribution in [1.82, 2.24) is 4.72 Å². The van der Waals surface area contributed by atoms with E-state index >= 15 is 0 Å². The van der Waals surface area contributed by atoms with Gasteiger partial charge in [-0.2, -0.15) is 4.72 Å². The number of carbonyl (C=O) groups is 1. The lowest BCUT2D eigenvalue weighted by atomic mass is 10.1. The predicted octanol–water partition coefficient (Wildman–Crippen LogP) is -0.0686. The summed E-state index contributed by atoms with van der Waals surface area (Å²) in [6.07, 6.45) is 1.26. The van der Waals surface area contributed by atoms with Gasteiger partial charge >= 0.3 is 5.97 Å². The summed E-state index contributed by atoms with van der Waals surface area (Å²) in [4.78, 5) is 10.6. The van der Waals surface area contributed by atoms with Gasteiger partial charge in [0.2, 0.25) is 10.0 Å². The Kier molecular flexibility index (Phi) is 2.38. The Morgan fingerprint density at radius 3 is 2.23 bits per heavy atom. The van der Waals surface area contributed by atoms with E-state index in [1.165, 1.54) is 13.8 Å². The number of aliphatic carboxylic acids is 1. The quantitative estimate of drug-likeness (QED) is 0.676. The zero-order chi connectivity index (χ0) is 10.3. The first-order valence-electron chi connectivity index (χ1n) is 4.02. The molecule has 0 aromatic carbocycles. The third-order valence-corrected chi connectivity index (χ3v) is 4.04. The van der Waals surface area contributed by atoms with Gasteiger partial charge in [0.05, 0.1) is 5.25 Å². The van der Waals surface area contributed by atoms with Crippen LogP contribution < -0.4 is 4.72 Å². The zero-order valence-corrected chi connectivity index (χ0v) is 8.39. The molecule has 0 aromatic rings. The zero-order valence-electron chi connectivity index (χ0n) is 7.57. The maximum Gasteiger partial charge on any atom is 0.324 e. The molecule has 1 aliphatic carbocycles. The van der Waals surface area contributed by atoms with Gasteiger partial charge in [0, 0.05) is 0 Å². The van der Waals surface area contributed by atoms with E-state index in [2.05, 4.69) is 4.72 Å². The Morgan fingerprint density at radius 1 is 1.46 bits per heavy atom. The molecule has 1 fully saturated rings. The predicted molar refractivity (Wildman–Crippen MR) is 46.8 cm³/mol. The van der Waals surface area contributed by atoms with Crippen LogP contribution in [0.25, 0.3) is 0 Å². The standard InChI is InChI=1S/C7H13NO4S/c1-7(2,6(9)10)8-13(11,12)5-3-4-5/h5,8H,3-4H2,1-2H3,(H,9,10). The van der Waals surface area contributed by atoms with Gasteiger partial charge in [-0.3, -0.25) is 4.79 Å². The summed E-state index contributed by atoms with van der Waals surface area (Å²) in [7, 11) is -3.42. The van der Waals surface area contributed by atoms with Crippen LogP contribution in [0.4, 0.5) is 0 Å². The smallest absolute Gasteiger partial charge is 0.324 e. The maximum absolute atomic E-state index is 11.3. The van der Waals surface area contributed by atoms with E-state index in [0.29, 0.717) is 12.8 Å². The van der Waals surface area contributed by atoms with Gasteiger partial charge in [-0.05, 0) is 26.7 Å². The molecule has 0 bridgehead atoms. The van der Waals surface area contributed by atoms with Crippen molar-refractivity contribution >= 4 is 16.0 Å². The van der Waals surface area contributed by atoms with Gasteiger partial charge in [-0.25, -0.2) is 8.42 Å². The average molecular weight is 207 g/mol. The SMILES string of the molecule is CC(C)(NS(=O)(=O)C1CC1)C(=O)O. The number of carboxylic acid groups (broad SMARTS) is 1. The Labute approximate surface area is 77.2 Å². The molecule has 5 nitrogen and oxygen atoms in total. The third-order valence-electron chi connectivity index (χ3n) is 1.90. The van der Waals surface area contributed by atoms with Crippen LogP contribution in [0, 0.1) is 0 Å². The topological polar surface area (TPSA) is 83.5 Å². The average Bonchev–Trinajstić information content (AvgIpc) is 2.63. The van der Waals surface area contributed by atoms with Crippen molar-refractivity contribution in [2.75, 3.05) is 0 Å². The van der Waals surface area contributed by atoms with Gasteiger partial charge < -0.3 is 5.11 Å². The normalized spacial score (nSPS) is 18.6. The van der Waals surface area contributed by atoms with Crippen LogP contribution in [-0.2, 0) is 14.8 Å². The molecule has 1 saturated carbocycles. The second kappa shape index (κ2) is 2.95. The molecule has 0 radical (unpaired) electrons. The number of hydrogen-bond donors (Lipinski definition) is 2. The minimum Gasteiger partial charge on any atom is -0.480 e. The molecule has 0 aromatic heterocycles. The Bertz CT molecular complexity index is 315. The lowest BCUT2D eigenvalue weighted by Gasteiger charge is -2.20. The molecule has 0 spiro atoms. The highest BCUT2D eigenvalue weighted by molar-refractivity contribution is 7.90. The summed E-state index contributed by atoms with van der Waals surface area (Å²) < 4.78 is 24.8. The maximum atomic E-state index is 11.3. The summed E-state index contributed by atoms with van der Waals surface area (Å²) in [5.41, 5.74) is -1.42. The fourth-order valence-corrected chi connectivity index (χ4v) is 2.58. The van der Waals surface area contributed by atoms with Crippen LogP contribution in [-0.4, -0.2) is 30.3 Å². The first kappa shape index (κ1) is 10.5. The van der Waals surface area contributed by atoms with E-state index in [0.717, 1.165) is 0 Å². The number of sulfonamides is 1. The Morgan fingerprint density at radius 2 is 1.92 bits per heavy atom. The molecule has 1 rings (SSSR count). The molecule has 0 aliphatic heterocycles. The first-order chi connectivity index (χ1) is 5.76. The highest BCUT2D eigenvalue weighted by Gasteiger charge is 2.41. The molecule has 0 heterocycles. The molecule has 6 heteroatoms. The van der Waals surface area contributed by atoms with E-state index in [1.807, 2.05) is 0 Å². The van der Waals surface area contributed by atoms with Crippen molar-refractivity contribution in [1.29, 1.82) is 0 Å². The van der Waals surface area contributed by atoms with Gasteiger partial charge in [-0.1, -0.05) is 0 Å². The largest absolute Gasteiger partial charge is 0.480 e. The molecule has 76 valence electrons. The van der Waals surface area contributed by atoms with E-state index < -0.39 is 21.5 Å². The molecule has 0 atom stereocenters. The summed E-state index contributed by atoms with van der Waals surface area (Å²) in [5.74, 6) is -1.17. The third kappa shape index (κ3) is 2.41. The molecule has 0 saturated heterocycles. The Hall–Kier alpha value is -0.620. The lowest BCUT2D eigenvalue weighted by molar-refractivity contribution is -0.142. The first-order valence-corrected chi connectivity index (χ1v) is 5.56. The lowest BCUT2D eigenvalue weighted by Crippen LogP contribution is -2.50. The second-order valence-electron chi connectivity index (χ2n) is 3.78. The van der Waals surface area contributed by atoms with Gasteiger partial charge in [0.15, 0.2) is 0 Å². The second-order valence-corrected chi connectivity index (χ2v) is 5.74. The van der Waals surface area contributed by atoms with Gasteiger partial charge in [0.25, 0.3) is 0 Å². The molecule has 0 unspecified atom stereocenters. The summed E-state index contributed by atoms with van der Waals surface area (Å²) in [5, 5.41) is 8.30. The summed E-state index contributed by atoms with van der Waals surface area (Å²) in [6.45, 7) is 2.66. The van der Waals surface area contributed by atoms with Crippen LogP contribution in [0.1, 0.15) is 26.7 Å². The number of hydrogen-bond acceptors (Lipinski definition) is 3. The molecule has 1 aliphatic rings. The van der Waals surface area contributed by atoms with Crippen molar-refractivity contribution in [2.45, 2.75) is 37.5 Å². The van der Waals surface area contributed by atoms with Crippen molar-refractivity contribution in [3.63, 3.8) is 0 Å². The van der Waals surface area contributed by atoms with Crippen LogP contribution in [0.2, 0.25) is 0 Å². The molecule has 13 heavy (non-hydrogen) atoms. The monoisotopic (exact) mass is 207 g/mol. The highest BCUT2D eigenvalue weighted by atomic mass is 32.2. The highest BCUT2D eigenvalue weighted by Crippen LogP contribution is 2.28. The minimum atomic E-state index is -3.42. The fraction of sp³-hybridized carbons (Fsp3) is 0.857. The van der Waals surface area contributed by atoms with Gasteiger partial charge in [0.1, 0.15) is 5.54 Å². The minimum absolute atomic E-state index is 0.383. The van der Waals surface area contributed by atoms with Crippen LogP contribution in [0.5, 0.6) is 0 Å². The van der Waals surface area contributed by atoms with E-state index in [9.17, 15) is 13.2 Å². The summed E-state index contributed by atoms with van der Waals surface area (Å²) >= 11 is 0. The number of carboxylic acids is 1. The molecular weight excluding hydrogens is 194 g/mol. The van der Waals surface area contributed by atoms with Crippen molar-refractivity contribution in [3.05, 3.63) is 0 Å². The molecule has 0 amide bonds. The molecule has 2 N–H and O–H groups in total. The van der Waals surface area contributed by atoms with Crippen molar-refractivity contribution < 1.29 is 18.3 Å². The van der Waals surface area contributed by atoms with Crippen molar-refractivity contribution in [3.8, 4) is 0 Å². The Balaban J connectivity index is 2.72. The molecular formula is C7H13NO4S. The van der Waals surface area contributed by atoms with E-state index in [-0.39, 0.29) is 5.25 Å². The van der Waals surface area contributed by atoms with Crippen molar-refractivity contribution in [2.24, 2.45) is 0 Å².